The fourth-order valence-corrected chi connectivity index (χ4v) is 2.32. The largest absolute Gasteiger partial charge is 0.491 e. The van der Waals surface area contributed by atoms with Gasteiger partial charge in [0.05, 0.1) is 12.6 Å². The maximum absolute atomic E-state index is 12.0. The van der Waals surface area contributed by atoms with Crippen LogP contribution in [0.1, 0.15) is 26.3 Å². The predicted molar refractivity (Wildman–Crippen MR) is 103 cm³/mol. The molecule has 6 heteroatoms. The Kier molecular flexibility index (Phi) is 7.17. The first-order valence-corrected chi connectivity index (χ1v) is 8.56. The predicted octanol–water partition coefficient (Wildman–Crippen LogP) is 3.16. The Morgan fingerprint density at radius 3 is 2.04 bits per heavy atom. The zero-order valence-electron chi connectivity index (χ0n) is 15.3. The van der Waals surface area contributed by atoms with Crippen LogP contribution in [0.25, 0.3) is 0 Å². The lowest BCUT2D eigenvalue weighted by Crippen LogP contribution is -2.27. The highest BCUT2D eigenvalue weighted by Gasteiger charge is 2.03. The van der Waals surface area contributed by atoms with Crippen molar-refractivity contribution in [3.05, 3.63) is 54.1 Å². The van der Waals surface area contributed by atoms with Crippen LogP contribution in [0.3, 0.4) is 0 Å². The first-order chi connectivity index (χ1) is 12.4. The van der Waals surface area contributed by atoms with E-state index in [1.54, 1.807) is 24.3 Å². The van der Waals surface area contributed by atoms with Gasteiger partial charge in [0.25, 0.3) is 0 Å². The van der Waals surface area contributed by atoms with E-state index in [2.05, 4.69) is 16.0 Å². The summed E-state index contributed by atoms with van der Waals surface area (Å²) in [6.07, 6.45) is 0.148. The van der Waals surface area contributed by atoms with Crippen LogP contribution in [0.15, 0.2) is 48.5 Å². The van der Waals surface area contributed by atoms with Gasteiger partial charge in [-0.05, 0) is 55.8 Å². The molecular formula is C20H25N3O3. The molecule has 2 amide bonds. The third kappa shape index (κ3) is 6.94. The molecule has 6 nitrogen and oxygen atoms in total. The second-order valence-electron chi connectivity index (χ2n) is 6.22. The number of ether oxygens (including phenoxy) is 1. The number of anilines is 2. The Balaban J connectivity index is 1.74. The summed E-state index contributed by atoms with van der Waals surface area (Å²) in [6, 6.07) is 14.8. The van der Waals surface area contributed by atoms with Crippen LogP contribution in [0.2, 0.25) is 0 Å². The molecule has 0 saturated heterocycles. The van der Waals surface area contributed by atoms with Crippen LogP contribution in [-0.2, 0) is 16.1 Å². The third-order valence-corrected chi connectivity index (χ3v) is 3.40. The molecule has 0 fully saturated rings. The van der Waals surface area contributed by atoms with E-state index < -0.39 is 0 Å². The monoisotopic (exact) mass is 355 g/mol. The maximum Gasteiger partial charge on any atom is 0.238 e. The standard InChI is InChI=1S/C20H25N3O3/c1-14(2)26-19-10-4-16(5-11-19)12-21-13-20(25)23-18-8-6-17(7-9-18)22-15(3)24/h4-11,14,21H,12-13H2,1-3H3,(H,22,24)(H,23,25). The van der Waals surface area contributed by atoms with Crippen molar-refractivity contribution >= 4 is 23.2 Å². The molecule has 0 aliphatic heterocycles. The van der Waals surface area contributed by atoms with Crippen molar-refractivity contribution in [2.24, 2.45) is 0 Å². The topological polar surface area (TPSA) is 79.5 Å². The molecule has 0 atom stereocenters. The smallest absolute Gasteiger partial charge is 0.238 e. The molecule has 0 unspecified atom stereocenters. The molecule has 2 rings (SSSR count). The second kappa shape index (κ2) is 9.58. The Morgan fingerprint density at radius 2 is 1.50 bits per heavy atom. The lowest BCUT2D eigenvalue weighted by atomic mass is 10.2. The van der Waals surface area contributed by atoms with Crippen LogP contribution >= 0.6 is 0 Å². The van der Waals surface area contributed by atoms with Crippen LogP contribution < -0.4 is 20.7 Å². The number of rotatable bonds is 8. The lowest BCUT2D eigenvalue weighted by molar-refractivity contribution is -0.115. The fourth-order valence-electron chi connectivity index (χ4n) is 2.32. The molecule has 0 bridgehead atoms. The van der Waals surface area contributed by atoms with Gasteiger partial charge in [-0.1, -0.05) is 12.1 Å². The SMILES string of the molecule is CC(=O)Nc1ccc(NC(=O)CNCc2ccc(OC(C)C)cc2)cc1. The Morgan fingerprint density at radius 1 is 0.923 bits per heavy atom. The highest BCUT2D eigenvalue weighted by molar-refractivity contribution is 5.93. The first kappa shape index (κ1) is 19.5. The lowest BCUT2D eigenvalue weighted by Gasteiger charge is -2.11. The summed E-state index contributed by atoms with van der Waals surface area (Å²) >= 11 is 0. The van der Waals surface area contributed by atoms with Crippen molar-refractivity contribution in [3.63, 3.8) is 0 Å². The summed E-state index contributed by atoms with van der Waals surface area (Å²) in [5, 5.41) is 8.59. The van der Waals surface area contributed by atoms with E-state index in [0.29, 0.717) is 17.9 Å². The molecule has 3 N–H and O–H groups in total. The van der Waals surface area contributed by atoms with Gasteiger partial charge in [-0.2, -0.15) is 0 Å². The minimum absolute atomic E-state index is 0.128. The van der Waals surface area contributed by atoms with Gasteiger partial charge in [0.15, 0.2) is 0 Å². The molecule has 0 radical (unpaired) electrons. The van der Waals surface area contributed by atoms with Crippen molar-refractivity contribution in [1.29, 1.82) is 0 Å². The van der Waals surface area contributed by atoms with Crippen molar-refractivity contribution in [3.8, 4) is 5.75 Å². The molecule has 0 aliphatic carbocycles. The van der Waals surface area contributed by atoms with Gasteiger partial charge in [0, 0.05) is 24.8 Å². The molecule has 0 aliphatic rings. The Bertz CT molecular complexity index is 725. The molecular weight excluding hydrogens is 330 g/mol. The Hall–Kier alpha value is -2.86. The van der Waals surface area contributed by atoms with Crippen LogP contribution in [0.4, 0.5) is 11.4 Å². The summed E-state index contributed by atoms with van der Waals surface area (Å²) in [4.78, 5) is 23.0. The summed E-state index contributed by atoms with van der Waals surface area (Å²) < 4.78 is 5.60. The van der Waals surface area contributed by atoms with E-state index in [0.717, 1.165) is 11.3 Å². The molecule has 2 aromatic carbocycles. The second-order valence-corrected chi connectivity index (χ2v) is 6.22. The van der Waals surface area contributed by atoms with Crippen LogP contribution in [-0.4, -0.2) is 24.5 Å². The molecule has 2 aromatic rings. The first-order valence-electron chi connectivity index (χ1n) is 8.56. The zero-order valence-corrected chi connectivity index (χ0v) is 15.3. The molecule has 0 saturated carbocycles. The van der Waals surface area contributed by atoms with E-state index in [4.69, 9.17) is 4.74 Å². The van der Waals surface area contributed by atoms with Crippen molar-refractivity contribution < 1.29 is 14.3 Å². The zero-order chi connectivity index (χ0) is 18.9. The summed E-state index contributed by atoms with van der Waals surface area (Å²) in [5.41, 5.74) is 2.45. The molecule has 26 heavy (non-hydrogen) atoms. The van der Waals surface area contributed by atoms with Crippen molar-refractivity contribution in [2.75, 3.05) is 17.2 Å². The van der Waals surface area contributed by atoms with Gasteiger partial charge in [0.1, 0.15) is 5.75 Å². The maximum atomic E-state index is 12.0. The van der Waals surface area contributed by atoms with Gasteiger partial charge < -0.3 is 20.7 Å². The summed E-state index contributed by atoms with van der Waals surface area (Å²) in [6.45, 7) is 6.23. The average molecular weight is 355 g/mol. The molecule has 138 valence electrons. The van der Waals surface area contributed by atoms with E-state index in [-0.39, 0.29) is 24.5 Å². The minimum Gasteiger partial charge on any atom is -0.491 e. The number of nitrogens with one attached hydrogen (secondary N) is 3. The van der Waals surface area contributed by atoms with Gasteiger partial charge in [-0.25, -0.2) is 0 Å². The van der Waals surface area contributed by atoms with Crippen molar-refractivity contribution in [2.45, 2.75) is 33.4 Å². The van der Waals surface area contributed by atoms with Gasteiger partial charge in [-0.3, -0.25) is 9.59 Å². The highest BCUT2D eigenvalue weighted by atomic mass is 16.5. The number of carbonyl (C=O) groups excluding carboxylic acids is 2. The van der Waals surface area contributed by atoms with E-state index >= 15 is 0 Å². The molecule has 0 spiro atoms. The molecule has 0 heterocycles. The van der Waals surface area contributed by atoms with Crippen molar-refractivity contribution in [1.82, 2.24) is 5.32 Å². The molecule has 0 aromatic heterocycles. The summed E-state index contributed by atoms with van der Waals surface area (Å²) in [7, 11) is 0. The normalized spacial score (nSPS) is 10.5. The number of carbonyl (C=O) groups is 2. The number of hydrogen-bond donors (Lipinski definition) is 3. The van der Waals surface area contributed by atoms with Gasteiger partial charge in [0.2, 0.25) is 11.8 Å². The van der Waals surface area contributed by atoms with Gasteiger partial charge >= 0.3 is 0 Å². The Labute approximate surface area is 153 Å². The summed E-state index contributed by atoms with van der Waals surface area (Å²) in [5.74, 6) is 0.580. The number of amides is 2. The fraction of sp³-hybridized carbons (Fsp3) is 0.300. The number of benzene rings is 2. The van der Waals surface area contributed by atoms with E-state index in [1.165, 1.54) is 6.92 Å². The average Bonchev–Trinajstić information content (AvgIpc) is 2.57. The number of hydrogen-bond acceptors (Lipinski definition) is 4. The van der Waals surface area contributed by atoms with Gasteiger partial charge in [-0.15, -0.1) is 0 Å². The third-order valence-electron chi connectivity index (χ3n) is 3.40. The van der Waals surface area contributed by atoms with E-state index in [9.17, 15) is 9.59 Å². The van der Waals surface area contributed by atoms with E-state index in [1.807, 2.05) is 38.1 Å². The highest BCUT2D eigenvalue weighted by Crippen LogP contribution is 2.14. The van der Waals surface area contributed by atoms with Crippen LogP contribution in [0, 0.1) is 0 Å². The minimum atomic E-state index is -0.130. The quantitative estimate of drug-likeness (QED) is 0.680. The van der Waals surface area contributed by atoms with Crippen LogP contribution in [0.5, 0.6) is 5.75 Å².